The highest BCUT2D eigenvalue weighted by molar-refractivity contribution is 7.99. The van der Waals surface area contributed by atoms with E-state index in [4.69, 9.17) is 18.9 Å². The van der Waals surface area contributed by atoms with Gasteiger partial charge in [-0.15, -0.1) is 18.3 Å². The lowest BCUT2D eigenvalue weighted by atomic mass is 9.98. The lowest BCUT2D eigenvalue weighted by molar-refractivity contribution is -0.238. The zero-order valence-corrected chi connectivity index (χ0v) is 21.3. The third-order valence-electron chi connectivity index (χ3n) is 5.74. The number of hydrogen-bond donors (Lipinski definition) is 1. The van der Waals surface area contributed by atoms with Crippen LogP contribution in [0, 0.1) is 0 Å². The predicted octanol–water partition coefficient (Wildman–Crippen LogP) is 4.14. The van der Waals surface area contributed by atoms with Gasteiger partial charge in [-0.2, -0.15) is 0 Å². The molecule has 3 rings (SSSR count). The van der Waals surface area contributed by atoms with E-state index in [1.807, 2.05) is 49.4 Å². The van der Waals surface area contributed by atoms with Crippen LogP contribution in [0.3, 0.4) is 0 Å². The number of ketones is 1. The number of thioether (sulfide) groups is 1. The van der Waals surface area contributed by atoms with E-state index >= 15 is 0 Å². The molecule has 2 aromatic rings. The van der Waals surface area contributed by atoms with E-state index in [9.17, 15) is 19.5 Å². The number of carbonyl (C=O) groups is 3. The SMILES string of the molecule is C=CCO[C@H]1[C@@H](OCc2ccc3ccccc3c2)[C@H](SCC)O[C@H](C(=O)O)[C@H]1OC(=O)CC(=O)CC. The lowest BCUT2D eigenvalue weighted by Gasteiger charge is -2.44. The summed E-state index contributed by atoms with van der Waals surface area (Å²) in [6.45, 7) is 7.52. The van der Waals surface area contributed by atoms with E-state index in [1.165, 1.54) is 17.8 Å². The Morgan fingerprint density at radius 3 is 2.47 bits per heavy atom. The fourth-order valence-electron chi connectivity index (χ4n) is 3.98. The van der Waals surface area contributed by atoms with Gasteiger partial charge in [-0.25, -0.2) is 4.79 Å². The molecule has 9 heteroatoms. The van der Waals surface area contributed by atoms with Gasteiger partial charge in [0.25, 0.3) is 0 Å². The molecule has 1 N–H and O–H groups in total. The van der Waals surface area contributed by atoms with Crippen molar-refractivity contribution in [2.75, 3.05) is 12.4 Å². The number of Topliss-reactive ketones (excluding diaryl/α,β-unsaturated/α-hetero) is 1. The summed E-state index contributed by atoms with van der Waals surface area (Å²) in [6.07, 6.45) is -3.27. The van der Waals surface area contributed by atoms with Crippen LogP contribution in [0.4, 0.5) is 0 Å². The number of ether oxygens (including phenoxy) is 4. The molecule has 1 saturated heterocycles. The molecule has 0 unspecified atom stereocenters. The Morgan fingerprint density at radius 1 is 1.06 bits per heavy atom. The minimum absolute atomic E-state index is 0.0816. The Labute approximate surface area is 214 Å². The van der Waals surface area contributed by atoms with Gasteiger partial charge in [-0.3, -0.25) is 9.59 Å². The summed E-state index contributed by atoms with van der Waals surface area (Å²) in [7, 11) is 0. The Morgan fingerprint density at radius 2 is 1.81 bits per heavy atom. The molecule has 0 amide bonds. The number of aliphatic carboxylic acids is 1. The Bertz CT molecular complexity index is 1070. The van der Waals surface area contributed by atoms with Crippen molar-refractivity contribution in [2.45, 2.75) is 63.1 Å². The molecular weight excluding hydrogens is 484 g/mol. The largest absolute Gasteiger partial charge is 0.479 e. The maximum atomic E-state index is 12.5. The van der Waals surface area contributed by atoms with E-state index in [0.29, 0.717) is 5.75 Å². The number of rotatable bonds is 13. The van der Waals surface area contributed by atoms with Gasteiger partial charge in [0.2, 0.25) is 0 Å². The fourth-order valence-corrected chi connectivity index (χ4v) is 4.93. The maximum absolute atomic E-state index is 12.5. The predicted molar refractivity (Wildman–Crippen MR) is 137 cm³/mol. The van der Waals surface area contributed by atoms with E-state index in [0.717, 1.165) is 16.3 Å². The molecule has 5 atom stereocenters. The lowest BCUT2D eigenvalue weighted by Crippen LogP contribution is -2.62. The molecule has 0 aliphatic carbocycles. The second-order valence-electron chi connectivity index (χ2n) is 8.29. The highest BCUT2D eigenvalue weighted by atomic mass is 32.2. The minimum atomic E-state index is -1.48. The van der Waals surface area contributed by atoms with E-state index < -0.39 is 48.2 Å². The fraction of sp³-hybridized carbons (Fsp3) is 0.444. The zero-order valence-electron chi connectivity index (χ0n) is 20.5. The second kappa shape index (κ2) is 13.5. The minimum Gasteiger partial charge on any atom is -0.479 e. The number of carboxylic acid groups (broad SMARTS) is 1. The highest BCUT2D eigenvalue weighted by Gasteiger charge is 2.52. The van der Waals surface area contributed by atoms with Gasteiger partial charge in [0, 0.05) is 6.42 Å². The van der Waals surface area contributed by atoms with Gasteiger partial charge >= 0.3 is 11.9 Å². The first-order chi connectivity index (χ1) is 17.4. The molecule has 8 nitrogen and oxygen atoms in total. The van der Waals surface area contributed by atoms with Gasteiger partial charge in [0.05, 0.1) is 13.2 Å². The summed E-state index contributed by atoms with van der Waals surface area (Å²) in [5.41, 5.74) is 0.234. The first-order valence-electron chi connectivity index (χ1n) is 11.9. The van der Waals surface area contributed by atoms with Crippen LogP contribution in [0.15, 0.2) is 55.1 Å². The van der Waals surface area contributed by atoms with Crippen molar-refractivity contribution in [1.82, 2.24) is 0 Å². The average molecular weight is 517 g/mol. The Hall–Kier alpha value is -2.72. The Kier molecular flexibility index (Phi) is 10.5. The summed E-state index contributed by atoms with van der Waals surface area (Å²) in [4.78, 5) is 36.3. The molecule has 36 heavy (non-hydrogen) atoms. The molecule has 0 aromatic heterocycles. The van der Waals surface area contributed by atoms with Crippen molar-refractivity contribution >= 4 is 40.3 Å². The summed E-state index contributed by atoms with van der Waals surface area (Å²) < 4.78 is 23.6. The number of carbonyl (C=O) groups excluding carboxylic acids is 2. The monoisotopic (exact) mass is 516 g/mol. The van der Waals surface area contributed by atoms with Gasteiger partial charge in [-0.1, -0.05) is 56.3 Å². The maximum Gasteiger partial charge on any atom is 0.336 e. The van der Waals surface area contributed by atoms with Crippen molar-refractivity contribution in [1.29, 1.82) is 0 Å². The van der Waals surface area contributed by atoms with Gasteiger partial charge in [0.1, 0.15) is 29.8 Å². The number of hydrogen-bond acceptors (Lipinski definition) is 8. The third-order valence-corrected chi connectivity index (χ3v) is 6.78. The van der Waals surface area contributed by atoms with Crippen LogP contribution < -0.4 is 0 Å². The highest BCUT2D eigenvalue weighted by Crippen LogP contribution is 2.34. The number of esters is 1. The standard InChI is InChI=1S/C27H32O8S/c1-4-13-32-22-23(34-21(29)15-20(28)5-2)24(26(30)31)35-27(36-6-3)25(22)33-16-17-11-12-18-9-7-8-10-19(18)14-17/h4,7-12,14,22-25,27H,1,5-6,13,15-16H2,2-3H3,(H,30,31)/t22-,23+,24+,25-,27+/m1/s1. The van der Waals surface area contributed by atoms with Crippen molar-refractivity contribution in [3.05, 3.63) is 60.7 Å². The van der Waals surface area contributed by atoms with Crippen LogP contribution in [0.1, 0.15) is 32.3 Å². The van der Waals surface area contributed by atoms with Crippen molar-refractivity contribution in [3.63, 3.8) is 0 Å². The topological polar surface area (TPSA) is 108 Å². The molecule has 194 valence electrons. The normalized spacial score (nSPS) is 23.8. The molecule has 1 aliphatic rings. The van der Waals surface area contributed by atoms with Gasteiger partial charge in [0.15, 0.2) is 12.2 Å². The van der Waals surface area contributed by atoms with Crippen LogP contribution in [0.2, 0.25) is 0 Å². The number of carboxylic acids is 1. The molecule has 0 radical (unpaired) electrons. The number of fused-ring (bicyclic) bond motifs is 1. The first-order valence-corrected chi connectivity index (χ1v) is 13.0. The average Bonchev–Trinajstić information content (AvgIpc) is 2.87. The summed E-state index contributed by atoms with van der Waals surface area (Å²) in [6, 6.07) is 14.0. The van der Waals surface area contributed by atoms with Crippen LogP contribution in [0.5, 0.6) is 0 Å². The second-order valence-corrected chi connectivity index (χ2v) is 9.66. The van der Waals surface area contributed by atoms with Crippen LogP contribution in [-0.2, 0) is 39.9 Å². The van der Waals surface area contributed by atoms with Crippen LogP contribution in [0.25, 0.3) is 10.8 Å². The summed E-state index contributed by atoms with van der Waals surface area (Å²) in [5, 5.41) is 12.0. The van der Waals surface area contributed by atoms with Crippen LogP contribution in [-0.4, -0.2) is 65.0 Å². The Balaban J connectivity index is 1.88. The van der Waals surface area contributed by atoms with E-state index in [1.54, 1.807) is 6.92 Å². The van der Waals surface area contributed by atoms with E-state index in [-0.39, 0.29) is 25.4 Å². The van der Waals surface area contributed by atoms with Crippen molar-refractivity contribution in [2.24, 2.45) is 0 Å². The molecule has 1 heterocycles. The molecule has 0 bridgehead atoms. The summed E-state index contributed by atoms with van der Waals surface area (Å²) in [5.74, 6) is -1.80. The summed E-state index contributed by atoms with van der Waals surface area (Å²) >= 11 is 1.38. The molecule has 1 aliphatic heterocycles. The quantitative estimate of drug-likeness (QED) is 0.239. The molecule has 0 spiro atoms. The smallest absolute Gasteiger partial charge is 0.336 e. The molecule has 0 saturated carbocycles. The number of benzene rings is 2. The molecule has 1 fully saturated rings. The third kappa shape index (κ3) is 7.16. The molecule has 2 aromatic carbocycles. The van der Waals surface area contributed by atoms with Gasteiger partial charge in [-0.05, 0) is 28.2 Å². The van der Waals surface area contributed by atoms with E-state index in [2.05, 4.69) is 6.58 Å². The first kappa shape index (κ1) is 27.9. The zero-order chi connectivity index (χ0) is 26.1. The van der Waals surface area contributed by atoms with Crippen LogP contribution >= 0.6 is 11.8 Å². The molecular formula is C27H32O8S. The van der Waals surface area contributed by atoms with Crippen molar-refractivity contribution < 1.29 is 38.4 Å². The van der Waals surface area contributed by atoms with Crippen molar-refractivity contribution in [3.8, 4) is 0 Å². The van der Waals surface area contributed by atoms with Gasteiger partial charge < -0.3 is 24.1 Å².